The summed E-state index contributed by atoms with van der Waals surface area (Å²) >= 11 is 0. The zero-order chi connectivity index (χ0) is 21.8. The maximum atomic E-state index is 12.6. The average molecular weight is 418 g/mol. The van der Waals surface area contributed by atoms with Gasteiger partial charge in [-0.15, -0.1) is 0 Å². The number of hydrogen-bond acceptors (Lipinski definition) is 9. The van der Waals surface area contributed by atoms with Crippen molar-refractivity contribution < 1.29 is 44.2 Å². The van der Waals surface area contributed by atoms with Crippen LogP contribution in [0.3, 0.4) is 0 Å². The number of methoxy groups -OCH3 is 1. The van der Waals surface area contributed by atoms with Crippen molar-refractivity contribution in [3.63, 3.8) is 0 Å². The summed E-state index contributed by atoms with van der Waals surface area (Å²) in [6.45, 7) is -0.599. The van der Waals surface area contributed by atoms with Gasteiger partial charge in [0.25, 0.3) is 0 Å². The van der Waals surface area contributed by atoms with Crippen molar-refractivity contribution in [3.8, 4) is 11.5 Å². The summed E-state index contributed by atoms with van der Waals surface area (Å²) in [6.07, 6.45) is -7.24. The van der Waals surface area contributed by atoms with Crippen LogP contribution in [-0.4, -0.2) is 76.4 Å². The predicted octanol–water partition coefficient (Wildman–Crippen LogP) is -0.0605. The van der Waals surface area contributed by atoms with E-state index < -0.39 is 48.9 Å². The lowest BCUT2D eigenvalue weighted by molar-refractivity contribution is -0.277. The van der Waals surface area contributed by atoms with Gasteiger partial charge in [0.1, 0.15) is 35.9 Å². The van der Waals surface area contributed by atoms with E-state index in [1.807, 2.05) is 0 Å². The van der Waals surface area contributed by atoms with Crippen LogP contribution in [0.5, 0.6) is 11.5 Å². The van der Waals surface area contributed by atoms with Gasteiger partial charge in [0.05, 0.1) is 13.7 Å². The summed E-state index contributed by atoms with van der Waals surface area (Å²) in [5.74, 6) is -0.988. The van der Waals surface area contributed by atoms with E-state index in [1.54, 1.807) is 12.1 Å². The van der Waals surface area contributed by atoms with E-state index >= 15 is 0 Å². The van der Waals surface area contributed by atoms with E-state index in [4.69, 9.17) is 14.2 Å². The molecule has 1 aliphatic rings. The summed E-state index contributed by atoms with van der Waals surface area (Å²) in [7, 11) is 1.45. The van der Waals surface area contributed by atoms with Gasteiger partial charge in [-0.05, 0) is 24.3 Å². The first kappa shape index (κ1) is 21.9. The zero-order valence-corrected chi connectivity index (χ0v) is 16.0. The lowest BCUT2D eigenvalue weighted by Crippen LogP contribution is -2.60. The van der Waals surface area contributed by atoms with Crippen molar-refractivity contribution in [3.05, 3.63) is 59.7 Å². The van der Waals surface area contributed by atoms with Gasteiger partial charge in [0.2, 0.25) is 17.9 Å². The first-order chi connectivity index (χ1) is 14.3. The Morgan fingerprint density at radius 1 is 0.900 bits per heavy atom. The number of benzene rings is 2. The Bertz CT molecular complexity index is 911. The van der Waals surface area contributed by atoms with Gasteiger partial charge in [-0.25, -0.2) is 0 Å². The molecule has 160 valence electrons. The SMILES string of the molecule is COc1cccc(C(=O)C(=O)c2cccc(O[C@@H]3O[C@H](CO)[C@@H](O)[C@H](O)[C@H]3O)c2)c1. The second-order valence-corrected chi connectivity index (χ2v) is 6.73. The molecule has 0 bridgehead atoms. The second kappa shape index (κ2) is 9.33. The van der Waals surface area contributed by atoms with Gasteiger partial charge in [-0.1, -0.05) is 24.3 Å². The molecule has 0 saturated carbocycles. The minimum Gasteiger partial charge on any atom is -0.497 e. The van der Waals surface area contributed by atoms with Crippen molar-refractivity contribution in [2.45, 2.75) is 30.7 Å². The van der Waals surface area contributed by atoms with Crippen molar-refractivity contribution in [2.24, 2.45) is 0 Å². The van der Waals surface area contributed by atoms with Crippen molar-refractivity contribution >= 4 is 11.6 Å². The number of hydrogen-bond donors (Lipinski definition) is 4. The lowest BCUT2D eigenvalue weighted by Gasteiger charge is -2.39. The summed E-state index contributed by atoms with van der Waals surface area (Å²) in [5.41, 5.74) is 0.213. The van der Waals surface area contributed by atoms with Crippen LogP contribution in [0, 0.1) is 0 Å². The molecule has 5 atom stereocenters. The van der Waals surface area contributed by atoms with E-state index in [0.29, 0.717) is 5.75 Å². The summed E-state index contributed by atoms with van der Waals surface area (Å²) in [6, 6.07) is 11.9. The summed E-state index contributed by atoms with van der Waals surface area (Å²) in [4.78, 5) is 25.1. The number of rotatable bonds is 7. The second-order valence-electron chi connectivity index (χ2n) is 6.73. The monoisotopic (exact) mass is 418 g/mol. The Morgan fingerprint density at radius 3 is 2.03 bits per heavy atom. The maximum absolute atomic E-state index is 12.6. The van der Waals surface area contributed by atoms with Gasteiger partial charge in [-0.3, -0.25) is 9.59 Å². The molecule has 30 heavy (non-hydrogen) atoms. The highest BCUT2D eigenvalue weighted by molar-refractivity contribution is 6.49. The fourth-order valence-electron chi connectivity index (χ4n) is 3.04. The summed E-state index contributed by atoms with van der Waals surface area (Å²) < 4.78 is 15.8. The van der Waals surface area contributed by atoms with Crippen LogP contribution in [0.1, 0.15) is 20.7 Å². The fraction of sp³-hybridized carbons (Fsp3) is 0.333. The van der Waals surface area contributed by atoms with Crippen LogP contribution in [0.15, 0.2) is 48.5 Å². The Kier molecular flexibility index (Phi) is 6.80. The molecule has 4 N–H and O–H groups in total. The molecule has 0 amide bonds. The Labute approximate surface area is 172 Å². The number of aliphatic hydroxyl groups excluding tert-OH is 4. The van der Waals surface area contributed by atoms with Gasteiger partial charge in [0, 0.05) is 11.1 Å². The van der Waals surface area contributed by atoms with Gasteiger partial charge >= 0.3 is 0 Å². The fourth-order valence-corrected chi connectivity index (χ4v) is 3.04. The normalized spacial score (nSPS) is 26.1. The quantitative estimate of drug-likeness (QED) is 0.359. The number of Topliss-reactive ketones (excluding diaryl/α,β-unsaturated/α-hetero) is 2. The minimum absolute atomic E-state index is 0.0462. The van der Waals surface area contributed by atoms with Crippen LogP contribution in [-0.2, 0) is 4.74 Å². The highest BCUT2D eigenvalue weighted by atomic mass is 16.7. The van der Waals surface area contributed by atoms with E-state index in [2.05, 4.69) is 0 Å². The molecule has 0 spiro atoms. The molecule has 1 heterocycles. The molecule has 0 radical (unpaired) electrons. The molecule has 3 rings (SSSR count). The van der Waals surface area contributed by atoms with Gasteiger partial charge in [0.15, 0.2) is 0 Å². The Morgan fingerprint density at radius 2 is 1.47 bits per heavy atom. The predicted molar refractivity (Wildman–Crippen MR) is 102 cm³/mol. The van der Waals surface area contributed by atoms with E-state index in [9.17, 15) is 30.0 Å². The van der Waals surface area contributed by atoms with E-state index in [1.165, 1.54) is 43.5 Å². The molecular formula is C21H22O9. The molecule has 1 aliphatic heterocycles. The van der Waals surface area contributed by atoms with Crippen molar-refractivity contribution in [2.75, 3.05) is 13.7 Å². The van der Waals surface area contributed by atoms with Crippen LogP contribution < -0.4 is 9.47 Å². The molecule has 2 aromatic rings. The third kappa shape index (κ3) is 4.50. The third-order valence-electron chi connectivity index (χ3n) is 4.74. The molecule has 1 fully saturated rings. The smallest absolute Gasteiger partial charge is 0.233 e. The molecule has 0 unspecified atom stereocenters. The van der Waals surface area contributed by atoms with E-state index in [0.717, 1.165) is 0 Å². The molecular weight excluding hydrogens is 396 g/mol. The number of aliphatic hydroxyl groups is 4. The van der Waals surface area contributed by atoms with Crippen LogP contribution in [0.25, 0.3) is 0 Å². The minimum atomic E-state index is -1.60. The van der Waals surface area contributed by atoms with Crippen LogP contribution in [0.4, 0.5) is 0 Å². The van der Waals surface area contributed by atoms with Crippen LogP contribution >= 0.6 is 0 Å². The number of carbonyl (C=O) groups is 2. The van der Waals surface area contributed by atoms with Crippen molar-refractivity contribution in [1.82, 2.24) is 0 Å². The average Bonchev–Trinajstić information content (AvgIpc) is 2.78. The molecule has 0 aromatic heterocycles. The highest BCUT2D eigenvalue weighted by Crippen LogP contribution is 2.25. The van der Waals surface area contributed by atoms with Crippen LogP contribution in [0.2, 0.25) is 0 Å². The van der Waals surface area contributed by atoms with Gasteiger partial charge in [-0.2, -0.15) is 0 Å². The Hall–Kier alpha value is -2.82. The van der Waals surface area contributed by atoms with Crippen molar-refractivity contribution in [1.29, 1.82) is 0 Å². The highest BCUT2D eigenvalue weighted by Gasteiger charge is 2.44. The molecule has 1 saturated heterocycles. The first-order valence-corrected chi connectivity index (χ1v) is 9.16. The molecule has 2 aromatic carbocycles. The lowest BCUT2D eigenvalue weighted by atomic mass is 9.99. The van der Waals surface area contributed by atoms with Gasteiger partial charge < -0.3 is 34.6 Å². The summed E-state index contributed by atoms with van der Waals surface area (Å²) in [5, 5.41) is 39.0. The molecule has 9 heteroatoms. The standard InChI is InChI=1S/C21H22O9/c1-28-13-6-2-4-11(8-13)16(23)17(24)12-5-3-7-14(9-12)29-21-20(27)19(26)18(25)15(10-22)30-21/h2-9,15,18-22,25-27H,10H2,1H3/t15-,18-,19+,20-,21-/m1/s1. The molecule has 9 nitrogen and oxygen atoms in total. The zero-order valence-electron chi connectivity index (χ0n) is 16.0. The van der Waals surface area contributed by atoms with E-state index in [-0.39, 0.29) is 16.9 Å². The largest absolute Gasteiger partial charge is 0.497 e. The number of carbonyl (C=O) groups excluding carboxylic acids is 2. The maximum Gasteiger partial charge on any atom is 0.233 e. The number of ether oxygens (including phenoxy) is 3. The third-order valence-corrected chi connectivity index (χ3v) is 4.74. The first-order valence-electron chi connectivity index (χ1n) is 9.16. The Balaban J connectivity index is 1.77. The number of ketones is 2. The topological polar surface area (TPSA) is 143 Å². The molecule has 0 aliphatic carbocycles.